The van der Waals surface area contributed by atoms with Gasteiger partial charge >= 0.3 is 0 Å². The molecule has 82 valence electrons. The van der Waals surface area contributed by atoms with Crippen LogP contribution in [-0.2, 0) is 11.8 Å². The Morgan fingerprint density at radius 1 is 1.80 bits per heavy atom. The number of aromatic nitrogens is 2. The molecule has 1 aromatic heterocycles. The van der Waals surface area contributed by atoms with Gasteiger partial charge in [0, 0.05) is 18.6 Å². The number of aryl methyl sites for hydroxylation is 1. The van der Waals surface area contributed by atoms with E-state index in [4.69, 9.17) is 16.3 Å². The van der Waals surface area contributed by atoms with E-state index < -0.39 is 0 Å². The van der Waals surface area contributed by atoms with E-state index in [-0.39, 0.29) is 11.9 Å². The lowest BCUT2D eigenvalue weighted by molar-refractivity contribution is 0.0510. The minimum Gasteiger partial charge on any atom is -0.368 e. The predicted molar refractivity (Wildman–Crippen MR) is 59.6 cm³/mol. The predicted octanol–water partition coefficient (Wildman–Crippen LogP) is 1.39. The maximum Gasteiger partial charge on any atom is 0.211 e. The molecule has 1 unspecified atom stereocenters. The summed E-state index contributed by atoms with van der Waals surface area (Å²) in [5, 5.41) is 4.32. The first-order valence-corrected chi connectivity index (χ1v) is 6.14. The number of hydrogen-bond acceptors (Lipinski definition) is 4. The Labute approximate surface area is 96.9 Å². The summed E-state index contributed by atoms with van der Waals surface area (Å²) >= 11 is 7.61. The molecule has 0 radical (unpaired) electrons. The first kappa shape index (κ1) is 11.0. The fourth-order valence-corrected chi connectivity index (χ4v) is 2.58. The Morgan fingerprint density at radius 2 is 2.60 bits per heavy atom. The van der Waals surface area contributed by atoms with Crippen LogP contribution in [0.4, 0.5) is 0 Å². The molecule has 1 aliphatic heterocycles. The van der Waals surface area contributed by atoms with Crippen molar-refractivity contribution in [2.45, 2.75) is 6.10 Å². The van der Waals surface area contributed by atoms with Gasteiger partial charge in [-0.25, -0.2) is 0 Å². The molecule has 0 amide bonds. The van der Waals surface area contributed by atoms with E-state index >= 15 is 0 Å². The number of hydrogen-bond donors (Lipinski definition) is 0. The number of carbonyl (C=O) groups is 1. The van der Waals surface area contributed by atoms with Gasteiger partial charge in [-0.15, -0.1) is 0 Å². The zero-order valence-corrected chi connectivity index (χ0v) is 9.85. The molecule has 2 rings (SSSR count). The molecule has 0 N–H and O–H groups in total. The van der Waals surface area contributed by atoms with Crippen molar-refractivity contribution in [3.63, 3.8) is 0 Å². The number of ether oxygens (including phenoxy) is 1. The molecule has 4 nitrogen and oxygen atoms in total. The average Bonchev–Trinajstić information content (AvgIpc) is 2.59. The zero-order valence-electron chi connectivity index (χ0n) is 8.27. The third-order valence-electron chi connectivity index (χ3n) is 2.24. The summed E-state index contributed by atoms with van der Waals surface area (Å²) < 4.78 is 6.90. The lowest BCUT2D eigenvalue weighted by Gasteiger charge is -2.20. The Hall–Kier alpha value is -0.520. The van der Waals surface area contributed by atoms with Crippen LogP contribution in [0, 0.1) is 0 Å². The molecule has 0 saturated carbocycles. The van der Waals surface area contributed by atoms with E-state index in [1.807, 2.05) is 0 Å². The number of ketones is 1. The van der Waals surface area contributed by atoms with Crippen LogP contribution >= 0.6 is 23.4 Å². The van der Waals surface area contributed by atoms with Gasteiger partial charge < -0.3 is 4.74 Å². The van der Waals surface area contributed by atoms with Gasteiger partial charge in [-0.1, -0.05) is 11.6 Å². The molecule has 6 heteroatoms. The van der Waals surface area contributed by atoms with Crippen molar-refractivity contribution in [3.05, 3.63) is 16.9 Å². The van der Waals surface area contributed by atoms with E-state index in [0.717, 1.165) is 5.75 Å². The number of carbonyl (C=O) groups excluding carboxylic acids is 1. The fraction of sp³-hybridized carbons (Fsp3) is 0.556. The van der Waals surface area contributed by atoms with Crippen molar-refractivity contribution in [1.82, 2.24) is 9.78 Å². The van der Waals surface area contributed by atoms with E-state index in [1.165, 1.54) is 10.9 Å². The molecule has 0 aliphatic carbocycles. The van der Waals surface area contributed by atoms with Crippen LogP contribution in [0.2, 0.25) is 5.02 Å². The van der Waals surface area contributed by atoms with Crippen LogP contribution in [0.15, 0.2) is 6.20 Å². The second-order valence-electron chi connectivity index (χ2n) is 3.26. The minimum atomic E-state index is -0.378. The van der Waals surface area contributed by atoms with Gasteiger partial charge in [-0.3, -0.25) is 9.48 Å². The van der Waals surface area contributed by atoms with E-state index in [2.05, 4.69) is 5.10 Å². The molecule has 1 aliphatic rings. The molecule has 1 atom stereocenters. The molecule has 0 spiro atoms. The van der Waals surface area contributed by atoms with Gasteiger partial charge in [0.2, 0.25) is 5.78 Å². The first-order valence-electron chi connectivity index (χ1n) is 4.61. The summed E-state index contributed by atoms with van der Waals surface area (Å²) in [7, 11) is 1.70. The summed E-state index contributed by atoms with van der Waals surface area (Å²) in [5.74, 6) is 1.57. The monoisotopic (exact) mass is 246 g/mol. The number of rotatable bonds is 2. The van der Waals surface area contributed by atoms with Crippen LogP contribution in [0.3, 0.4) is 0 Å². The Morgan fingerprint density at radius 3 is 3.13 bits per heavy atom. The van der Waals surface area contributed by atoms with Crippen molar-refractivity contribution < 1.29 is 9.53 Å². The lowest BCUT2D eigenvalue weighted by atomic mass is 10.2. The summed E-state index contributed by atoms with van der Waals surface area (Å²) in [5.41, 5.74) is 0.434. The number of thioether (sulfide) groups is 1. The maximum atomic E-state index is 12.0. The average molecular weight is 247 g/mol. The summed E-state index contributed by atoms with van der Waals surface area (Å²) in [6, 6.07) is 0. The molecular weight excluding hydrogens is 236 g/mol. The number of Topliss-reactive ketones (excluding diaryl/α,β-unsaturated/α-hetero) is 1. The smallest absolute Gasteiger partial charge is 0.211 e. The highest BCUT2D eigenvalue weighted by atomic mass is 35.5. The fourth-order valence-electron chi connectivity index (χ4n) is 1.48. The van der Waals surface area contributed by atoms with Crippen LogP contribution in [0.25, 0.3) is 0 Å². The van der Waals surface area contributed by atoms with Crippen molar-refractivity contribution in [2.24, 2.45) is 7.05 Å². The van der Waals surface area contributed by atoms with Gasteiger partial charge in [0.25, 0.3) is 0 Å². The van der Waals surface area contributed by atoms with Gasteiger partial charge in [0.1, 0.15) is 11.8 Å². The van der Waals surface area contributed by atoms with Crippen LogP contribution < -0.4 is 0 Å². The summed E-state index contributed by atoms with van der Waals surface area (Å²) in [6.07, 6.45) is 1.10. The maximum absolute atomic E-state index is 12.0. The second kappa shape index (κ2) is 4.55. The molecule has 15 heavy (non-hydrogen) atoms. The highest BCUT2D eigenvalue weighted by Crippen LogP contribution is 2.21. The highest BCUT2D eigenvalue weighted by Gasteiger charge is 2.27. The van der Waals surface area contributed by atoms with Crippen molar-refractivity contribution in [2.75, 3.05) is 18.1 Å². The summed E-state index contributed by atoms with van der Waals surface area (Å²) in [4.78, 5) is 12.0. The van der Waals surface area contributed by atoms with Crippen LogP contribution in [0.1, 0.15) is 10.5 Å². The zero-order chi connectivity index (χ0) is 10.8. The summed E-state index contributed by atoms with van der Waals surface area (Å²) in [6.45, 7) is 0.622. The topological polar surface area (TPSA) is 44.1 Å². The van der Waals surface area contributed by atoms with Crippen molar-refractivity contribution in [3.8, 4) is 0 Å². The Bertz CT molecular complexity index is 355. The van der Waals surface area contributed by atoms with E-state index in [0.29, 0.717) is 23.1 Å². The highest BCUT2D eigenvalue weighted by molar-refractivity contribution is 7.99. The van der Waals surface area contributed by atoms with Gasteiger partial charge in [0.05, 0.1) is 17.8 Å². The van der Waals surface area contributed by atoms with Crippen molar-refractivity contribution in [1.29, 1.82) is 0 Å². The normalized spacial score (nSPS) is 21.6. The van der Waals surface area contributed by atoms with E-state index in [1.54, 1.807) is 18.8 Å². The van der Waals surface area contributed by atoms with Gasteiger partial charge in [-0.2, -0.15) is 16.9 Å². The minimum absolute atomic E-state index is 0.0767. The molecule has 1 saturated heterocycles. The Kier molecular flexibility index (Phi) is 3.33. The van der Waals surface area contributed by atoms with Gasteiger partial charge in [0.15, 0.2) is 0 Å². The van der Waals surface area contributed by atoms with Crippen molar-refractivity contribution >= 4 is 29.1 Å². The standard InChI is InChI=1S/C9H11ClN2O2S/c1-12-8(6(10)4-11-12)9(13)7-5-15-3-2-14-7/h4,7H,2-3,5H2,1H3. The number of nitrogens with zero attached hydrogens (tertiary/aromatic N) is 2. The van der Waals surface area contributed by atoms with Crippen LogP contribution in [-0.4, -0.2) is 39.8 Å². The van der Waals surface area contributed by atoms with Crippen LogP contribution in [0.5, 0.6) is 0 Å². The van der Waals surface area contributed by atoms with E-state index in [9.17, 15) is 4.79 Å². The second-order valence-corrected chi connectivity index (χ2v) is 4.82. The SMILES string of the molecule is Cn1ncc(Cl)c1C(=O)C1CSCCO1. The molecule has 1 aromatic rings. The third kappa shape index (κ3) is 2.19. The first-order chi connectivity index (χ1) is 7.20. The Balaban J connectivity index is 2.19. The largest absolute Gasteiger partial charge is 0.368 e. The molecular formula is C9H11ClN2O2S. The molecule has 0 bridgehead atoms. The quantitative estimate of drug-likeness (QED) is 0.740. The van der Waals surface area contributed by atoms with Gasteiger partial charge in [-0.05, 0) is 0 Å². The lowest BCUT2D eigenvalue weighted by Crippen LogP contribution is -2.32. The molecule has 2 heterocycles. The third-order valence-corrected chi connectivity index (χ3v) is 3.51. The number of halogens is 1. The molecule has 1 fully saturated rings. The molecule has 0 aromatic carbocycles.